The number of hydrogen-bond donors (Lipinski definition) is 2. The zero-order valence-electron chi connectivity index (χ0n) is 5.94. The number of rotatable bonds is 2. The average Bonchev–Trinajstić information content (AvgIpc) is 2.34. The Kier molecular flexibility index (Phi) is 1.95. The predicted octanol–water partition coefficient (Wildman–Crippen LogP) is 0.582. The lowest BCUT2D eigenvalue weighted by Gasteiger charge is -2.10. The lowest BCUT2D eigenvalue weighted by molar-refractivity contribution is 0.284. The third-order valence-electron chi connectivity index (χ3n) is 1.39. The molecule has 0 bridgehead atoms. The van der Waals surface area contributed by atoms with Crippen LogP contribution >= 0.6 is 0 Å². The molecular weight excluding hydrogens is 114 g/mol. The Morgan fingerprint density at radius 1 is 1.56 bits per heavy atom. The van der Waals surface area contributed by atoms with E-state index in [4.69, 9.17) is 0 Å². The molecule has 0 radical (unpaired) electrons. The summed E-state index contributed by atoms with van der Waals surface area (Å²) >= 11 is 0. The Labute approximate surface area is 55.7 Å². The fourth-order valence-electron chi connectivity index (χ4n) is 0.746. The minimum Gasteiger partial charge on any atom is -0.306 e. The van der Waals surface area contributed by atoms with Crippen LogP contribution in [-0.4, -0.2) is 11.6 Å². The zero-order chi connectivity index (χ0) is 6.69. The maximum atomic E-state index is 3.04. The molecule has 0 spiro atoms. The second-order valence-electron chi connectivity index (χ2n) is 2.03. The molecule has 0 saturated carbocycles. The van der Waals surface area contributed by atoms with E-state index in [9.17, 15) is 0 Å². The summed E-state index contributed by atoms with van der Waals surface area (Å²) < 4.78 is 0. The minimum absolute atomic E-state index is 0.997. The third-order valence-corrected chi connectivity index (χ3v) is 1.39. The smallest absolute Gasteiger partial charge is 0.0450 e. The average molecular weight is 127 g/mol. The molecule has 0 fully saturated rings. The van der Waals surface area contributed by atoms with E-state index in [1.165, 1.54) is 5.70 Å². The van der Waals surface area contributed by atoms with E-state index in [1.807, 2.05) is 5.01 Å². The summed E-state index contributed by atoms with van der Waals surface area (Å²) in [5.41, 5.74) is 7.29. The largest absolute Gasteiger partial charge is 0.306 e. The highest BCUT2D eigenvalue weighted by atomic mass is 15.7. The fraction of sp³-hybridized carbons (Fsp3) is 0.667. The van der Waals surface area contributed by atoms with Gasteiger partial charge in [-0.3, -0.25) is 5.01 Å². The maximum absolute atomic E-state index is 3.04. The Bertz CT molecular complexity index is 119. The monoisotopic (exact) mass is 127 g/mol. The first-order valence-corrected chi connectivity index (χ1v) is 3.35. The highest BCUT2D eigenvalue weighted by Gasteiger charge is 2.04. The molecule has 52 valence electrons. The van der Waals surface area contributed by atoms with Crippen LogP contribution in [0.25, 0.3) is 0 Å². The summed E-state index contributed by atoms with van der Waals surface area (Å²) in [5.74, 6) is 0. The molecule has 0 unspecified atom stereocenters. The van der Waals surface area contributed by atoms with Gasteiger partial charge in [0.2, 0.25) is 0 Å². The molecule has 0 atom stereocenters. The molecule has 0 aromatic carbocycles. The van der Waals surface area contributed by atoms with Crippen LogP contribution < -0.4 is 11.0 Å². The van der Waals surface area contributed by atoms with E-state index in [0.717, 1.165) is 13.0 Å². The fourth-order valence-corrected chi connectivity index (χ4v) is 0.746. The Balaban J connectivity index is 2.40. The molecule has 3 heteroatoms. The molecule has 0 aliphatic carbocycles. The molecule has 9 heavy (non-hydrogen) atoms. The van der Waals surface area contributed by atoms with E-state index in [0.29, 0.717) is 0 Å². The van der Waals surface area contributed by atoms with Crippen molar-refractivity contribution in [3.05, 3.63) is 11.9 Å². The third kappa shape index (κ3) is 1.36. The van der Waals surface area contributed by atoms with Crippen molar-refractivity contribution in [2.75, 3.05) is 6.54 Å². The van der Waals surface area contributed by atoms with Gasteiger partial charge in [-0.2, -0.15) is 0 Å². The van der Waals surface area contributed by atoms with Crippen LogP contribution in [0.2, 0.25) is 0 Å². The van der Waals surface area contributed by atoms with Crippen LogP contribution in [0.1, 0.15) is 20.3 Å². The molecule has 2 N–H and O–H groups in total. The summed E-state index contributed by atoms with van der Waals surface area (Å²) in [6.45, 7) is 5.22. The lowest BCUT2D eigenvalue weighted by atomic mass is 10.4. The summed E-state index contributed by atoms with van der Waals surface area (Å²) in [4.78, 5) is 0. The van der Waals surface area contributed by atoms with Crippen molar-refractivity contribution < 1.29 is 0 Å². The van der Waals surface area contributed by atoms with Gasteiger partial charge in [0.25, 0.3) is 0 Å². The van der Waals surface area contributed by atoms with Crippen molar-refractivity contribution in [2.45, 2.75) is 20.3 Å². The van der Waals surface area contributed by atoms with Gasteiger partial charge >= 0.3 is 0 Å². The quantitative estimate of drug-likeness (QED) is 0.568. The zero-order valence-corrected chi connectivity index (χ0v) is 5.94. The molecule has 0 saturated heterocycles. The molecule has 1 aliphatic rings. The first kappa shape index (κ1) is 6.42. The van der Waals surface area contributed by atoms with Gasteiger partial charge < -0.3 is 5.43 Å². The number of hydrazine groups is 2. The number of allylic oxidation sites excluding steroid dienone is 1. The minimum atomic E-state index is 0.997. The topological polar surface area (TPSA) is 27.3 Å². The molecule has 0 aromatic rings. The van der Waals surface area contributed by atoms with Crippen LogP contribution in [0.15, 0.2) is 11.9 Å². The van der Waals surface area contributed by atoms with Crippen LogP contribution in [-0.2, 0) is 0 Å². The molecule has 3 nitrogen and oxygen atoms in total. The van der Waals surface area contributed by atoms with Gasteiger partial charge in [-0.25, -0.2) is 0 Å². The standard InChI is InChI=1S/C6H13N3/c1-3-6-5-9(4-2)8-7-6/h5,7-8H,3-4H2,1-2H3. The van der Waals surface area contributed by atoms with Crippen molar-refractivity contribution >= 4 is 0 Å². The van der Waals surface area contributed by atoms with E-state index in [2.05, 4.69) is 31.0 Å². The SMILES string of the molecule is CCC1=CN(CC)NN1. The van der Waals surface area contributed by atoms with Gasteiger partial charge in [0, 0.05) is 18.4 Å². The summed E-state index contributed by atoms with van der Waals surface area (Å²) in [7, 11) is 0. The van der Waals surface area contributed by atoms with Gasteiger partial charge in [-0.05, 0) is 13.3 Å². The maximum Gasteiger partial charge on any atom is 0.0450 e. The van der Waals surface area contributed by atoms with E-state index < -0.39 is 0 Å². The molecular formula is C6H13N3. The van der Waals surface area contributed by atoms with Crippen LogP contribution in [0.3, 0.4) is 0 Å². The molecule has 1 heterocycles. The molecule has 1 aliphatic heterocycles. The number of hydrogen-bond acceptors (Lipinski definition) is 3. The van der Waals surface area contributed by atoms with Crippen LogP contribution in [0.4, 0.5) is 0 Å². The second-order valence-corrected chi connectivity index (χ2v) is 2.03. The first-order chi connectivity index (χ1) is 4.36. The van der Waals surface area contributed by atoms with Crippen LogP contribution in [0, 0.1) is 0 Å². The summed E-state index contributed by atoms with van der Waals surface area (Å²) in [6, 6.07) is 0. The Morgan fingerprint density at radius 3 is 2.67 bits per heavy atom. The van der Waals surface area contributed by atoms with Gasteiger partial charge in [-0.1, -0.05) is 6.92 Å². The highest BCUT2D eigenvalue weighted by Crippen LogP contribution is 2.01. The van der Waals surface area contributed by atoms with Gasteiger partial charge in [0.15, 0.2) is 0 Å². The van der Waals surface area contributed by atoms with Crippen LogP contribution in [0.5, 0.6) is 0 Å². The van der Waals surface area contributed by atoms with Gasteiger partial charge in [0.05, 0.1) is 0 Å². The lowest BCUT2D eigenvalue weighted by Crippen LogP contribution is -2.35. The van der Waals surface area contributed by atoms with Gasteiger partial charge in [0.1, 0.15) is 0 Å². The van der Waals surface area contributed by atoms with Crippen molar-refractivity contribution in [1.29, 1.82) is 0 Å². The van der Waals surface area contributed by atoms with E-state index >= 15 is 0 Å². The number of nitrogens with one attached hydrogen (secondary N) is 2. The van der Waals surface area contributed by atoms with Crippen molar-refractivity contribution in [2.24, 2.45) is 0 Å². The van der Waals surface area contributed by atoms with E-state index in [1.54, 1.807) is 0 Å². The Morgan fingerprint density at radius 2 is 2.33 bits per heavy atom. The number of nitrogens with zero attached hydrogens (tertiary/aromatic N) is 1. The molecule has 0 aromatic heterocycles. The first-order valence-electron chi connectivity index (χ1n) is 3.35. The van der Waals surface area contributed by atoms with Gasteiger partial charge in [-0.15, -0.1) is 5.53 Å². The van der Waals surface area contributed by atoms with Crippen molar-refractivity contribution in [1.82, 2.24) is 16.0 Å². The molecule has 0 amide bonds. The highest BCUT2D eigenvalue weighted by molar-refractivity contribution is 4.99. The summed E-state index contributed by atoms with van der Waals surface area (Å²) in [6.07, 6.45) is 3.14. The summed E-state index contributed by atoms with van der Waals surface area (Å²) in [5, 5.41) is 2.01. The second kappa shape index (κ2) is 2.73. The molecule has 1 rings (SSSR count). The normalized spacial score (nSPS) is 17.6. The predicted molar refractivity (Wildman–Crippen MR) is 37.0 cm³/mol. The van der Waals surface area contributed by atoms with E-state index in [-0.39, 0.29) is 0 Å². The van der Waals surface area contributed by atoms with Crippen molar-refractivity contribution in [3.8, 4) is 0 Å². The van der Waals surface area contributed by atoms with Crippen molar-refractivity contribution in [3.63, 3.8) is 0 Å². The Hall–Kier alpha value is -0.700.